The fraction of sp³-hybridized carbons (Fsp3) is 0.846. The first-order chi connectivity index (χ1) is 10.6. The molecule has 2 unspecified atom stereocenters. The lowest BCUT2D eigenvalue weighted by Gasteiger charge is -2.49. The van der Waals surface area contributed by atoms with Gasteiger partial charge in [0.25, 0.3) is 11.8 Å². The van der Waals surface area contributed by atoms with Crippen LogP contribution in [-0.4, -0.2) is 30.8 Å². The fourth-order valence-corrected chi connectivity index (χ4v) is 4.68. The molecule has 3 aliphatic rings. The second-order valence-electron chi connectivity index (χ2n) is 6.36. The van der Waals surface area contributed by atoms with Crippen molar-refractivity contribution in [3.63, 3.8) is 0 Å². The number of rotatable bonds is 2. The third-order valence-corrected chi connectivity index (χ3v) is 6.06. The van der Waals surface area contributed by atoms with Gasteiger partial charge in [0.15, 0.2) is 0 Å². The summed E-state index contributed by atoms with van der Waals surface area (Å²) < 4.78 is 63.6. The van der Waals surface area contributed by atoms with Crippen molar-refractivity contribution in [2.24, 2.45) is 23.7 Å². The molecule has 0 aromatic heterocycles. The van der Waals surface area contributed by atoms with Crippen molar-refractivity contribution in [2.75, 3.05) is 0 Å². The molecule has 0 aromatic rings. The summed E-state index contributed by atoms with van der Waals surface area (Å²) in [6.45, 7) is 0. The molecule has 0 bridgehead atoms. The minimum atomic E-state index is -6.04. The van der Waals surface area contributed by atoms with Gasteiger partial charge in [-0.3, -0.25) is 9.59 Å². The van der Waals surface area contributed by atoms with Crippen LogP contribution in [0.5, 0.6) is 0 Å². The van der Waals surface area contributed by atoms with Gasteiger partial charge >= 0.3 is 15.6 Å². The predicted octanol–water partition coefficient (Wildman–Crippen LogP) is 1.97. The Balaban J connectivity index is 1.91. The summed E-state index contributed by atoms with van der Waals surface area (Å²) in [7, 11) is -6.04. The number of imide groups is 1. The molecular weight excluding hydrogens is 339 g/mol. The van der Waals surface area contributed by atoms with Crippen LogP contribution in [0.2, 0.25) is 0 Å². The second kappa shape index (κ2) is 5.44. The zero-order valence-corrected chi connectivity index (χ0v) is 12.9. The summed E-state index contributed by atoms with van der Waals surface area (Å²) in [6.07, 6.45) is 4.13. The standard InChI is InChI=1S/C13H16F3NO5S/c14-13(15,16)23(20,21)22-17-11(18)8-5-1-3-7-4-2-6-9(10(7)8)12(17)19/h7-10H,1-6H2. The van der Waals surface area contributed by atoms with E-state index in [1.807, 2.05) is 0 Å². The molecule has 1 heterocycles. The van der Waals surface area contributed by atoms with Gasteiger partial charge < -0.3 is 0 Å². The van der Waals surface area contributed by atoms with Crippen LogP contribution in [0.25, 0.3) is 0 Å². The Morgan fingerprint density at radius 2 is 1.43 bits per heavy atom. The summed E-state index contributed by atoms with van der Waals surface area (Å²) in [5.41, 5.74) is -5.69. The van der Waals surface area contributed by atoms with E-state index in [4.69, 9.17) is 0 Å². The number of amides is 2. The number of hydroxylamine groups is 2. The average Bonchev–Trinajstić information content (AvgIpc) is 2.48. The summed E-state index contributed by atoms with van der Waals surface area (Å²) >= 11 is 0. The van der Waals surface area contributed by atoms with Crippen molar-refractivity contribution < 1.29 is 35.5 Å². The van der Waals surface area contributed by atoms with E-state index in [9.17, 15) is 31.2 Å². The average molecular weight is 355 g/mol. The number of carbonyl (C=O) groups is 2. The molecule has 0 spiro atoms. The molecule has 0 aromatic carbocycles. The minimum absolute atomic E-state index is 0.150. The summed E-state index contributed by atoms with van der Waals surface area (Å²) in [5.74, 6) is -3.21. The Morgan fingerprint density at radius 1 is 0.957 bits per heavy atom. The van der Waals surface area contributed by atoms with E-state index in [0.717, 1.165) is 25.7 Å². The van der Waals surface area contributed by atoms with Crippen molar-refractivity contribution in [3.05, 3.63) is 0 Å². The molecule has 0 N–H and O–H groups in total. The van der Waals surface area contributed by atoms with E-state index in [0.29, 0.717) is 12.8 Å². The molecule has 130 valence electrons. The molecule has 2 atom stereocenters. The zero-order chi connectivity index (χ0) is 17.0. The van der Waals surface area contributed by atoms with E-state index in [1.54, 1.807) is 0 Å². The fourth-order valence-electron chi connectivity index (χ4n) is 4.25. The highest BCUT2D eigenvalue weighted by atomic mass is 32.2. The van der Waals surface area contributed by atoms with Crippen LogP contribution in [-0.2, 0) is 24.0 Å². The molecule has 3 rings (SSSR count). The van der Waals surface area contributed by atoms with Gasteiger partial charge in [-0.25, -0.2) is 0 Å². The molecule has 2 amide bonds. The number of hydrogen-bond donors (Lipinski definition) is 0. The van der Waals surface area contributed by atoms with E-state index in [2.05, 4.69) is 4.28 Å². The van der Waals surface area contributed by atoms with Gasteiger partial charge in [0.05, 0.1) is 0 Å². The molecule has 3 fully saturated rings. The van der Waals surface area contributed by atoms with Gasteiger partial charge in [0, 0.05) is 11.8 Å². The van der Waals surface area contributed by atoms with Gasteiger partial charge in [-0.05, 0) is 24.7 Å². The summed E-state index contributed by atoms with van der Waals surface area (Å²) in [5, 5.41) is -0.150. The SMILES string of the molecule is O=C1C2CCCC3CCCC(C(=O)N1OS(=O)(=O)C(F)(F)F)C32. The van der Waals surface area contributed by atoms with E-state index in [-0.39, 0.29) is 16.9 Å². The smallest absolute Gasteiger partial charge is 0.272 e. The van der Waals surface area contributed by atoms with Crippen molar-refractivity contribution in [1.82, 2.24) is 5.06 Å². The van der Waals surface area contributed by atoms with Crippen molar-refractivity contribution in [3.8, 4) is 0 Å². The Morgan fingerprint density at radius 3 is 1.87 bits per heavy atom. The third kappa shape index (κ3) is 2.65. The van der Waals surface area contributed by atoms with Crippen molar-refractivity contribution in [1.29, 1.82) is 0 Å². The van der Waals surface area contributed by atoms with Crippen LogP contribution >= 0.6 is 0 Å². The number of carbonyl (C=O) groups excluding carboxylic acids is 2. The zero-order valence-electron chi connectivity index (χ0n) is 12.1. The van der Waals surface area contributed by atoms with Crippen LogP contribution in [0.4, 0.5) is 13.2 Å². The van der Waals surface area contributed by atoms with Crippen LogP contribution in [0.3, 0.4) is 0 Å². The Hall–Kier alpha value is -1.16. The van der Waals surface area contributed by atoms with Gasteiger partial charge in [0.1, 0.15) is 0 Å². The first-order valence-electron chi connectivity index (χ1n) is 7.52. The molecular formula is C13H16F3NO5S. The second-order valence-corrected chi connectivity index (χ2v) is 7.88. The molecule has 10 heteroatoms. The topological polar surface area (TPSA) is 80.8 Å². The van der Waals surface area contributed by atoms with Crippen LogP contribution in [0, 0.1) is 23.7 Å². The molecule has 23 heavy (non-hydrogen) atoms. The summed E-state index contributed by atoms with van der Waals surface area (Å²) in [4.78, 5) is 24.7. The number of halogens is 3. The lowest BCUT2D eigenvalue weighted by molar-refractivity contribution is -0.197. The molecule has 1 aliphatic heterocycles. The van der Waals surface area contributed by atoms with Crippen molar-refractivity contribution >= 4 is 21.9 Å². The number of alkyl halides is 3. The Labute approximate surface area is 131 Å². The van der Waals surface area contributed by atoms with Gasteiger partial charge in [-0.15, -0.1) is 9.35 Å². The van der Waals surface area contributed by atoms with Crippen LogP contribution < -0.4 is 0 Å². The Kier molecular flexibility index (Phi) is 3.95. The molecule has 0 radical (unpaired) electrons. The maximum absolute atomic E-state index is 12.5. The first-order valence-corrected chi connectivity index (χ1v) is 8.93. The first kappa shape index (κ1) is 16.7. The number of hydrogen-bond acceptors (Lipinski definition) is 5. The van der Waals surface area contributed by atoms with Crippen molar-refractivity contribution in [2.45, 2.75) is 44.0 Å². The van der Waals surface area contributed by atoms with E-state index >= 15 is 0 Å². The highest BCUT2D eigenvalue weighted by Gasteiger charge is 2.57. The maximum atomic E-state index is 12.5. The normalized spacial score (nSPS) is 35.2. The number of piperidine rings is 1. The minimum Gasteiger partial charge on any atom is -0.272 e. The van der Waals surface area contributed by atoms with Gasteiger partial charge in [-0.2, -0.15) is 21.6 Å². The summed E-state index contributed by atoms with van der Waals surface area (Å²) in [6, 6.07) is 0. The van der Waals surface area contributed by atoms with Crippen LogP contribution in [0.15, 0.2) is 0 Å². The highest BCUT2D eigenvalue weighted by molar-refractivity contribution is 7.87. The van der Waals surface area contributed by atoms with E-state index in [1.165, 1.54) is 0 Å². The largest absolute Gasteiger partial charge is 0.525 e. The quantitative estimate of drug-likeness (QED) is 0.559. The number of nitrogens with zero attached hydrogens (tertiary/aromatic N) is 1. The lowest BCUT2D eigenvalue weighted by Crippen LogP contribution is -2.58. The molecule has 6 nitrogen and oxygen atoms in total. The third-order valence-electron chi connectivity index (χ3n) is 5.14. The van der Waals surface area contributed by atoms with E-state index < -0.39 is 39.3 Å². The highest BCUT2D eigenvalue weighted by Crippen LogP contribution is 2.50. The monoisotopic (exact) mass is 355 g/mol. The predicted molar refractivity (Wildman–Crippen MR) is 69.6 cm³/mol. The van der Waals surface area contributed by atoms with Gasteiger partial charge in [0.2, 0.25) is 0 Å². The Bertz CT molecular complexity index is 602. The maximum Gasteiger partial charge on any atom is 0.525 e. The van der Waals surface area contributed by atoms with Gasteiger partial charge in [-0.1, -0.05) is 25.7 Å². The molecule has 2 aliphatic carbocycles. The lowest BCUT2D eigenvalue weighted by atomic mass is 9.59. The molecule has 1 saturated heterocycles. The van der Waals surface area contributed by atoms with Crippen LogP contribution in [0.1, 0.15) is 38.5 Å². The molecule has 2 saturated carbocycles.